The zero-order chi connectivity index (χ0) is 21.9. The van der Waals surface area contributed by atoms with Gasteiger partial charge in [-0.25, -0.2) is 0 Å². The largest absolute Gasteiger partial charge is 0.394 e. The maximum Gasteiger partial charge on any atom is 0.114 e. The lowest BCUT2D eigenvalue weighted by molar-refractivity contribution is -0.0996. The van der Waals surface area contributed by atoms with Crippen LogP contribution in [0.4, 0.5) is 0 Å². The molecule has 4 atom stereocenters. The van der Waals surface area contributed by atoms with E-state index in [1.54, 1.807) is 0 Å². The molecule has 1 aliphatic heterocycles. The van der Waals surface area contributed by atoms with E-state index >= 15 is 0 Å². The fourth-order valence-corrected chi connectivity index (χ4v) is 4.01. The van der Waals surface area contributed by atoms with Crippen molar-refractivity contribution in [2.45, 2.75) is 128 Å². The summed E-state index contributed by atoms with van der Waals surface area (Å²) in [7, 11) is 0. The van der Waals surface area contributed by atoms with Gasteiger partial charge in [-0.05, 0) is 19.3 Å². The van der Waals surface area contributed by atoms with E-state index in [9.17, 15) is 15.3 Å². The van der Waals surface area contributed by atoms with E-state index in [1.165, 1.54) is 83.5 Å². The lowest BCUT2D eigenvalue weighted by atomic mass is 10.0. The number of allylic oxidation sites excluding steroid dienone is 1. The SMILES string of the molecule is CCCCCCCCCCCCCCC/C=C/CCO[C@H](CO)[C@H]1OC[C@H](O)[C@H]1O. The van der Waals surface area contributed by atoms with E-state index in [2.05, 4.69) is 19.1 Å². The highest BCUT2D eigenvalue weighted by Crippen LogP contribution is 2.19. The van der Waals surface area contributed by atoms with Crippen molar-refractivity contribution in [1.82, 2.24) is 0 Å². The van der Waals surface area contributed by atoms with Crippen molar-refractivity contribution in [2.75, 3.05) is 19.8 Å². The quantitative estimate of drug-likeness (QED) is 0.190. The van der Waals surface area contributed by atoms with E-state index in [-0.39, 0.29) is 13.2 Å². The molecule has 1 rings (SSSR count). The van der Waals surface area contributed by atoms with Crippen molar-refractivity contribution < 1.29 is 24.8 Å². The molecule has 1 saturated heterocycles. The number of rotatable bonds is 20. The molecule has 1 fully saturated rings. The molecule has 1 heterocycles. The third-order valence-corrected chi connectivity index (χ3v) is 5.99. The number of hydrogen-bond acceptors (Lipinski definition) is 5. The van der Waals surface area contributed by atoms with E-state index in [0.29, 0.717) is 6.61 Å². The molecule has 0 aliphatic carbocycles. The number of aliphatic hydroxyl groups is 3. The highest BCUT2D eigenvalue weighted by Gasteiger charge is 2.40. The Morgan fingerprint density at radius 1 is 0.833 bits per heavy atom. The van der Waals surface area contributed by atoms with Crippen molar-refractivity contribution >= 4 is 0 Å². The summed E-state index contributed by atoms with van der Waals surface area (Å²) < 4.78 is 10.9. The first-order valence-corrected chi connectivity index (χ1v) is 12.6. The minimum Gasteiger partial charge on any atom is -0.394 e. The van der Waals surface area contributed by atoms with Crippen LogP contribution in [0.5, 0.6) is 0 Å². The van der Waals surface area contributed by atoms with Crippen LogP contribution in [0.15, 0.2) is 12.2 Å². The van der Waals surface area contributed by atoms with Crippen molar-refractivity contribution in [3.8, 4) is 0 Å². The second kappa shape index (κ2) is 19.2. The van der Waals surface area contributed by atoms with Gasteiger partial charge < -0.3 is 24.8 Å². The predicted octanol–water partition coefficient (Wildman–Crippen LogP) is 4.91. The van der Waals surface area contributed by atoms with Crippen LogP contribution in [0, 0.1) is 0 Å². The standard InChI is InChI=1S/C25H48O5/c1-2-3-4-5-6-7-8-9-10-11-12-13-14-15-16-17-18-19-29-23(20-26)25-24(28)22(27)21-30-25/h16-17,22-28H,2-15,18-21H2,1H3/b17-16+/t22-,23+,24+,25+/m0/s1. The van der Waals surface area contributed by atoms with Crippen molar-refractivity contribution in [1.29, 1.82) is 0 Å². The molecule has 0 amide bonds. The Morgan fingerprint density at radius 3 is 1.87 bits per heavy atom. The summed E-state index contributed by atoms with van der Waals surface area (Å²) in [4.78, 5) is 0. The Bertz CT molecular complexity index is 401. The minimum atomic E-state index is -0.992. The molecule has 0 saturated carbocycles. The fraction of sp³-hybridized carbons (Fsp3) is 0.920. The molecule has 0 radical (unpaired) electrons. The van der Waals surface area contributed by atoms with Crippen LogP contribution >= 0.6 is 0 Å². The molecule has 1 aliphatic rings. The van der Waals surface area contributed by atoms with Gasteiger partial charge in [0.15, 0.2) is 0 Å². The molecule has 3 N–H and O–H groups in total. The van der Waals surface area contributed by atoms with E-state index in [0.717, 1.165) is 12.8 Å². The number of unbranched alkanes of at least 4 members (excludes halogenated alkanes) is 13. The molecule has 0 aromatic heterocycles. The zero-order valence-electron chi connectivity index (χ0n) is 19.4. The minimum absolute atomic E-state index is 0.0880. The van der Waals surface area contributed by atoms with Gasteiger partial charge in [-0.15, -0.1) is 0 Å². The lowest BCUT2D eigenvalue weighted by Gasteiger charge is -2.24. The van der Waals surface area contributed by atoms with E-state index in [1.807, 2.05) is 0 Å². The van der Waals surface area contributed by atoms with Crippen LogP contribution in [0.1, 0.15) is 103 Å². The molecule has 0 unspecified atom stereocenters. The van der Waals surface area contributed by atoms with Crippen molar-refractivity contribution in [2.24, 2.45) is 0 Å². The van der Waals surface area contributed by atoms with E-state index < -0.39 is 24.4 Å². The summed E-state index contributed by atoms with van der Waals surface area (Å²) in [6.45, 7) is 2.61. The molecule has 0 aromatic rings. The first-order valence-electron chi connectivity index (χ1n) is 12.6. The third kappa shape index (κ3) is 13.1. The molecule has 5 nitrogen and oxygen atoms in total. The summed E-state index contributed by atoms with van der Waals surface area (Å²) in [5, 5.41) is 28.8. The van der Waals surface area contributed by atoms with Crippen LogP contribution < -0.4 is 0 Å². The van der Waals surface area contributed by atoms with Gasteiger partial charge in [0.05, 0.1) is 19.8 Å². The number of ether oxygens (including phenoxy) is 2. The maximum atomic E-state index is 9.83. The van der Waals surface area contributed by atoms with Gasteiger partial charge in [0.1, 0.15) is 24.4 Å². The summed E-state index contributed by atoms with van der Waals surface area (Å²) in [5.74, 6) is 0. The topological polar surface area (TPSA) is 79.2 Å². The van der Waals surface area contributed by atoms with Crippen molar-refractivity contribution in [3.05, 3.63) is 12.2 Å². The lowest BCUT2D eigenvalue weighted by Crippen LogP contribution is -2.42. The zero-order valence-corrected chi connectivity index (χ0v) is 19.4. The van der Waals surface area contributed by atoms with Crippen molar-refractivity contribution in [3.63, 3.8) is 0 Å². The van der Waals surface area contributed by atoms with Gasteiger partial charge in [0, 0.05) is 0 Å². The highest BCUT2D eigenvalue weighted by molar-refractivity contribution is 4.89. The molecular weight excluding hydrogens is 380 g/mol. The number of aliphatic hydroxyl groups excluding tert-OH is 3. The van der Waals surface area contributed by atoms with Crippen LogP contribution in [0.25, 0.3) is 0 Å². The van der Waals surface area contributed by atoms with Gasteiger partial charge in [0.25, 0.3) is 0 Å². The molecule has 0 aromatic carbocycles. The van der Waals surface area contributed by atoms with Crippen LogP contribution in [-0.4, -0.2) is 59.6 Å². The van der Waals surface area contributed by atoms with E-state index in [4.69, 9.17) is 9.47 Å². The molecule has 178 valence electrons. The third-order valence-electron chi connectivity index (χ3n) is 5.99. The average molecular weight is 429 g/mol. The number of hydrogen-bond donors (Lipinski definition) is 3. The predicted molar refractivity (Wildman–Crippen MR) is 123 cm³/mol. The summed E-state index contributed by atoms with van der Waals surface area (Å²) in [6, 6.07) is 0. The summed E-state index contributed by atoms with van der Waals surface area (Å²) >= 11 is 0. The van der Waals surface area contributed by atoms with Crippen LogP contribution in [0.3, 0.4) is 0 Å². The Hall–Kier alpha value is -0.460. The Morgan fingerprint density at radius 2 is 1.37 bits per heavy atom. The molecule has 0 bridgehead atoms. The van der Waals surface area contributed by atoms with Gasteiger partial charge >= 0.3 is 0 Å². The second-order valence-corrected chi connectivity index (χ2v) is 8.74. The fourth-order valence-electron chi connectivity index (χ4n) is 4.01. The smallest absolute Gasteiger partial charge is 0.114 e. The normalized spacial score (nSPS) is 22.9. The second-order valence-electron chi connectivity index (χ2n) is 8.74. The first kappa shape index (κ1) is 27.6. The Balaban J connectivity index is 1.85. The Labute approximate surface area is 184 Å². The average Bonchev–Trinajstić information content (AvgIpc) is 3.08. The van der Waals surface area contributed by atoms with Gasteiger partial charge in [-0.1, -0.05) is 96.1 Å². The summed E-state index contributed by atoms with van der Waals surface area (Å²) in [5.41, 5.74) is 0. The molecule has 30 heavy (non-hydrogen) atoms. The first-order chi connectivity index (χ1) is 14.7. The highest BCUT2D eigenvalue weighted by atomic mass is 16.6. The maximum absolute atomic E-state index is 9.83. The molecule has 0 spiro atoms. The van der Waals surface area contributed by atoms with Crippen LogP contribution in [0.2, 0.25) is 0 Å². The Kier molecular flexibility index (Phi) is 17.7. The summed E-state index contributed by atoms with van der Waals surface area (Å²) in [6.07, 6.45) is 21.0. The molecule has 5 heteroatoms. The molecular formula is C25H48O5. The monoisotopic (exact) mass is 428 g/mol. The van der Waals surface area contributed by atoms with Gasteiger partial charge in [-0.2, -0.15) is 0 Å². The van der Waals surface area contributed by atoms with Gasteiger partial charge in [-0.3, -0.25) is 0 Å². The van der Waals surface area contributed by atoms with Crippen LogP contribution in [-0.2, 0) is 9.47 Å². The van der Waals surface area contributed by atoms with Gasteiger partial charge in [0.2, 0.25) is 0 Å².